The summed E-state index contributed by atoms with van der Waals surface area (Å²) in [5, 5.41) is 9.23. The second-order valence-electron chi connectivity index (χ2n) is 2.56. The predicted octanol–water partition coefficient (Wildman–Crippen LogP) is 1.38. The van der Waals surface area contributed by atoms with Gasteiger partial charge in [-0.25, -0.2) is 5.06 Å². The maximum atomic E-state index is 10.5. The van der Waals surface area contributed by atoms with Crippen molar-refractivity contribution in [2.45, 2.75) is 46.6 Å². The van der Waals surface area contributed by atoms with Gasteiger partial charge in [-0.3, -0.25) is 10.0 Å². The summed E-state index contributed by atoms with van der Waals surface area (Å²) in [6.07, 6.45) is 1.81. The van der Waals surface area contributed by atoms with E-state index in [0.717, 1.165) is 0 Å². The molecule has 0 aliphatic carbocycles. The van der Waals surface area contributed by atoms with E-state index in [-0.39, 0.29) is 5.91 Å². The third-order valence-electron chi connectivity index (χ3n) is 1.22. The summed E-state index contributed by atoms with van der Waals surface area (Å²) in [4.78, 5) is 10.5. The van der Waals surface area contributed by atoms with E-state index >= 15 is 0 Å². The first-order valence-corrected chi connectivity index (χ1v) is 4.89. The Morgan fingerprint density at radius 2 is 1.92 bits per heavy atom. The Morgan fingerprint density at radius 1 is 1.54 bits per heavy atom. The van der Waals surface area contributed by atoms with Gasteiger partial charge in [0.2, 0.25) is 0 Å². The van der Waals surface area contributed by atoms with Crippen LogP contribution in [0.4, 0.5) is 0 Å². The van der Waals surface area contributed by atoms with Crippen molar-refractivity contribution in [1.29, 1.82) is 0 Å². The minimum Gasteiger partial charge on any atom is -0.320 e. The average molecular weight is 190 g/mol. The molecule has 1 saturated heterocycles. The van der Waals surface area contributed by atoms with Gasteiger partial charge < -0.3 is 5.73 Å². The van der Waals surface area contributed by atoms with Crippen LogP contribution in [0.5, 0.6) is 0 Å². The molecule has 1 amide bonds. The van der Waals surface area contributed by atoms with Gasteiger partial charge >= 0.3 is 0 Å². The summed E-state index contributed by atoms with van der Waals surface area (Å²) in [6, 6.07) is -0.472. The van der Waals surface area contributed by atoms with Crippen molar-refractivity contribution in [3.05, 3.63) is 0 Å². The predicted molar refractivity (Wildman–Crippen MR) is 53.4 cm³/mol. The zero-order chi connectivity index (χ0) is 10.9. The molecule has 1 rings (SSSR count). The molecule has 1 aliphatic heterocycles. The molecule has 0 aromatic rings. The minimum absolute atomic E-state index is 0.370. The van der Waals surface area contributed by atoms with Gasteiger partial charge in [-0.1, -0.05) is 34.1 Å². The topological polar surface area (TPSA) is 66.6 Å². The standard InChI is InChI=1S/C4H8N2O2.C3H8.C2H6/c5-3-1-2-6(8)4(3)7;1-3-2;1-2/h3,8H,1-2,5H2;3H2,1-2H3;1-2H3. The lowest BCUT2D eigenvalue weighted by atomic mass is 10.3. The molecule has 0 radical (unpaired) electrons. The fourth-order valence-corrected chi connectivity index (χ4v) is 0.686. The van der Waals surface area contributed by atoms with E-state index in [2.05, 4.69) is 13.8 Å². The van der Waals surface area contributed by atoms with Crippen LogP contribution in [0.15, 0.2) is 0 Å². The van der Waals surface area contributed by atoms with Gasteiger partial charge in [0.25, 0.3) is 5.91 Å². The molecule has 0 saturated carbocycles. The molecule has 0 aromatic carbocycles. The molecule has 1 atom stereocenters. The maximum Gasteiger partial charge on any atom is 0.262 e. The van der Waals surface area contributed by atoms with Gasteiger partial charge in [-0.2, -0.15) is 0 Å². The lowest BCUT2D eigenvalue weighted by Gasteiger charge is -2.02. The van der Waals surface area contributed by atoms with Crippen molar-refractivity contribution < 1.29 is 10.0 Å². The fraction of sp³-hybridized carbons (Fsp3) is 0.889. The van der Waals surface area contributed by atoms with E-state index in [9.17, 15) is 4.79 Å². The summed E-state index contributed by atoms with van der Waals surface area (Å²) in [6.45, 7) is 8.62. The first kappa shape index (κ1) is 14.9. The van der Waals surface area contributed by atoms with Crippen molar-refractivity contribution in [2.24, 2.45) is 5.73 Å². The number of hydroxylamine groups is 2. The molecule has 0 bridgehead atoms. The Hall–Kier alpha value is -0.610. The van der Waals surface area contributed by atoms with Crippen LogP contribution >= 0.6 is 0 Å². The van der Waals surface area contributed by atoms with Crippen LogP contribution in [0.25, 0.3) is 0 Å². The Bertz CT molecular complexity index is 117. The molecule has 1 fully saturated rings. The number of rotatable bonds is 0. The van der Waals surface area contributed by atoms with Gasteiger partial charge in [0.05, 0.1) is 12.6 Å². The van der Waals surface area contributed by atoms with Gasteiger partial charge in [-0.05, 0) is 6.42 Å². The Balaban J connectivity index is 0. The third-order valence-corrected chi connectivity index (χ3v) is 1.22. The monoisotopic (exact) mass is 190 g/mol. The van der Waals surface area contributed by atoms with Crippen LogP contribution in [-0.2, 0) is 4.79 Å². The molecule has 1 heterocycles. The second kappa shape index (κ2) is 9.48. The number of amides is 1. The van der Waals surface area contributed by atoms with Crippen molar-refractivity contribution in [2.75, 3.05) is 6.54 Å². The van der Waals surface area contributed by atoms with E-state index in [4.69, 9.17) is 10.9 Å². The zero-order valence-electron chi connectivity index (χ0n) is 9.08. The van der Waals surface area contributed by atoms with Crippen LogP contribution in [-0.4, -0.2) is 28.8 Å². The summed E-state index contributed by atoms with van der Waals surface area (Å²) < 4.78 is 0. The van der Waals surface area contributed by atoms with Crippen molar-refractivity contribution in [3.8, 4) is 0 Å². The quantitative estimate of drug-likeness (QED) is 0.567. The molecular formula is C9H22N2O2. The first-order chi connectivity index (χ1) is 6.13. The summed E-state index contributed by atoms with van der Waals surface area (Å²) in [5.74, 6) is -0.370. The summed E-state index contributed by atoms with van der Waals surface area (Å²) in [5.41, 5.74) is 5.22. The number of hydrogen-bond donors (Lipinski definition) is 2. The highest BCUT2D eigenvalue weighted by Crippen LogP contribution is 2.04. The average Bonchev–Trinajstić information content (AvgIpc) is 2.42. The molecule has 80 valence electrons. The highest BCUT2D eigenvalue weighted by atomic mass is 16.5. The largest absolute Gasteiger partial charge is 0.320 e. The fourth-order valence-electron chi connectivity index (χ4n) is 0.686. The van der Waals surface area contributed by atoms with E-state index in [1.165, 1.54) is 6.42 Å². The number of nitrogens with zero attached hydrogens (tertiary/aromatic N) is 1. The van der Waals surface area contributed by atoms with E-state index < -0.39 is 6.04 Å². The van der Waals surface area contributed by atoms with Crippen LogP contribution in [0.1, 0.15) is 40.5 Å². The SMILES string of the molecule is CC.CCC.NC1CCN(O)C1=O. The minimum atomic E-state index is -0.472. The van der Waals surface area contributed by atoms with E-state index in [0.29, 0.717) is 18.0 Å². The van der Waals surface area contributed by atoms with E-state index in [1.807, 2.05) is 13.8 Å². The van der Waals surface area contributed by atoms with Crippen molar-refractivity contribution in [1.82, 2.24) is 5.06 Å². The first-order valence-electron chi connectivity index (χ1n) is 4.89. The second-order valence-corrected chi connectivity index (χ2v) is 2.56. The van der Waals surface area contributed by atoms with Crippen LogP contribution < -0.4 is 5.73 Å². The van der Waals surface area contributed by atoms with E-state index in [1.54, 1.807) is 0 Å². The normalized spacial score (nSPS) is 20.0. The molecule has 1 aliphatic rings. The highest BCUT2D eigenvalue weighted by Gasteiger charge is 2.26. The van der Waals surface area contributed by atoms with Gasteiger partial charge in [-0.15, -0.1) is 0 Å². The molecular weight excluding hydrogens is 168 g/mol. The lowest BCUT2D eigenvalue weighted by molar-refractivity contribution is -0.157. The number of carbonyl (C=O) groups is 1. The summed E-state index contributed by atoms with van der Waals surface area (Å²) in [7, 11) is 0. The summed E-state index contributed by atoms with van der Waals surface area (Å²) >= 11 is 0. The smallest absolute Gasteiger partial charge is 0.262 e. The third kappa shape index (κ3) is 6.54. The molecule has 0 aromatic heterocycles. The van der Waals surface area contributed by atoms with Crippen LogP contribution in [0.2, 0.25) is 0 Å². The van der Waals surface area contributed by atoms with Crippen LogP contribution in [0, 0.1) is 0 Å². The number of carbonyl (C=O) groups excluding carboxylic acids is 1. The molecule has 4 heteroatoms. The molecule has 3 N–H and O–H groups in total. The lowest BCUT2D eigenvalue weighted by Crippen LogP contribution is -2.31. The maximum absolute atomic E-state index is 10.5. The Kier molecular flexibility index (Phi) is 10.9. The molecule has 13 heavy (non-hydrogen) atoms. The zero-order valence-corrected chi connectivity index (χ0v) is 9.08. The number of hydrogen-bond acceptors (Lipinski definition) is 3. The molecule has 1 unspecified atom stereocenters. The van der Waals surface area contributed by atoms with Crippen molar-refractivity contribution >= 4 is 5.91 Å². The van der Waals surface area contributed by atoms with Crippen molar-refractivity contribution in [3.63, 3.8) is 0 Å². The Labute approximate surface area is 80.7 Å². The molecule has 4 nitrogen and oxygen atoms in total. The molecule has 0 spiro atoms. The van der Waals surface area contributed by atoms with Gasteiger partial charge in [0, 0.05) is 0 Å². The van der Waals surface area contributed by atoms with Gasteiger partial charge in [0.1, 0.15) is 0 Å². The Morgan fingerprint density at radius 3 is 2.00 bits per heavy atom. The number of nitrogens with two attached hydrogens (primary N) is 1. The van der Waals surface area contributed by atoms with Crippen LogP contribution in [0.3, 0.4) is 0 Å². The van der Waals surface area contributed by atoms with Gasteiger partial charge in [0.15, 0.2) is 0 Å². The highest BCUT2D eigenvalue weighted by molar-refractivity contribution is 5.82.